The van der Waals surface area contributed by atoms with Crippen molar-refractivity contribution in [2.24, 2.45) is 0 Å². The van der Waals surface area contributed by atoms with Crippen LogP contribution in [0.5, 0.6) is 0 Å². The zero-order valence-corrected chi connectivity index (χ0v) is 17.3. The monoisotopic (exact) mass is 431 g/mol. The molecule has 1 aromatic heterocycles. The third-order valence-electron chi connectivity index (χ3n) is 4.17. The number of rotatable bonds is 4. The van der Waals surface area contributed by atoms with Gasteiger partial charge in [-0.15, -0.1) is 11.3 Å². The molecular formula is C17H18ClNO4S3. The fourth-order valence-electron chi connectivity index (χ4n) is 2.86. The lowest BCUT2D eigenvalue weighted by molar-refractivity contribution is 0.0602. The van der Waals surface area contributed by atoms with Crippen LogP contribution in [-0.4, -0.2) is 44.6 Å². The molecule has 2 aromatic rings. The van der Waals surface area contributed by atoms with Crippen molar-refractivity contribution in [3.8, 4) is 0 Å². The molecule has 1 unspecified atom stereocenters. The van der Waals surface area contributed by atoms with Gasteiger partial charge in [0.15, 0.2) is 0 Å². The molecule has 140 valence electrons. The number of carbonyl (C=O) groups excluding carboxylic acids is 1. The van der Waals surface area contributed by atoms with Crippen molar-refractivity contribution < 1.29 is 17.9 Å². The molecule has 1 atom stereocenters. The highest BCUT2D eigenvalue weighted by molar-refractivity contribution is 7.99. The van der Waals surface area contributed by atoms with Gasteiger partial charge in [0.05, 0.1) is 7.11 Å². The van der Waals surface area contributed by atoms with Crippen LogP contribution in [0.25, 0.3) is 0 Å². The van der Waals surface area contributed by atoms with Crippen LogP contribution >= 0.6 is 34.7 Å². The molecule has 1 aliphatic rings. The highest BCUT2D eigenvalue weighted by atomic mass is 35.5. The Hall–Kier alpha value is -1.06. The molecule has 9 heteroatoms. The molecule has 0 bridgehead atoms. The summed E-state index contributed by atoms with van der Waals surface area (Å²) in [5.41, 5.74) is 1.03. The maximum absolute atomic E-state index is 13.0. The Balaban J connectivity index is 1.82. The SMILES string of the molecule is COC(=O)c1sccc1S(=O)(=O)N1CCSC(c2ccccc2Cl)CC1. The number of halogens is 1. The van der Waals surface area contributed by atoms with Gasteiger partial charge >= 0.3 is 5.97 Å². The van der Waals surface area contributed by atoms with Crippen LogP contribution in [0.2, 0.25) is 5.02 Å². The average Bonchev–Trinajstić information content (AvgIpc) is 3.00. The lowest BCUT2D eigenvalue weighted by Crippen LogP contribution is -2.33. The first-order chi connectivity index (χ1) is 12.4. The van der Waals surface area contributed by atoms with Crippen LogP contribution in [0, 0.1) is 0 Å². The Morgan fingerprint density at radius 3 is 2.77 bits per heavy atom. The molecular weight excluding hydrogens is 414 g/mol. The fourth-order valence-corrected chi connectivity index (χ4v) is 7.34. The predicted molar refractivity (Wildman–Crippen MR) is 106 cm³/mol. The summed E-state index contributed by atoms with van der Waals surface area (Å²) in [5.74, 6) is 0.0315. The number of nitrogens with zero attached hydrogens (tertiary/aromatic N) is 1. The topological polar surface area (TPSA) is 63.7 Å². The van der Waals surface area contributed by atoms with Gasteiger partial charge in [0.1, 0.15) is 9.77 Å². The summed E-state index contributed by atoms with van der Waals surface area (Å²) in [6.07, 6.45) is 0.658. The van der Waals surface area contributed by atoms with Crippen LogP contribution in [0.4, 0.5) is 0 Å². The first kappa shape index (κ1) is 19.7. The maximum atomic E-state index is 13.0. The molecule has 0 N–H and O–H groups in total. The van der Waals surface area contributed by atoms with Gasteiger partial charge in [0.2, 0.25) is 10.0 Å². The molecule has 26 heavy (non-hydrogen) atoms. The summed E-state index contributed by atoms with van der Waals surface area (Å²) in [6.45, 7) is 0.770. The molecule has 2 heterocycles. The minimum absolute atomic E-state index is 0.0237. The Morgan fingerprint density at radius 1 is 1.27 bits per heavy atom. The summed E-state index contributed by atoms with van der Waals surface area (Å²) >= 11 is 9.07. The second-order valence-corrected chi connectivity index (χ2v) is 10.2. The van der Waals surface area contributed by atoms with Gasteiger partial charge in [-0.25, -0.2) is 13.2 Å². The predicted octanol–water partition coefficient (Wildman–Crippen LogP) is 4.06. The lowest BCUT2D eigenvalue weighted by Gasteiger charge is -2.20. The van der Waals surface area contributed by atoms with Crippen molar-refractivity contribution in [1.82, 2.24) is 4.31 Å². The minimum Gasteiger partial charge on any atom is -0.465 e. The van der Waals surface area contributed by atoms with Gasteiger partial charge in [-0.05, 0) is 29.5 Å². The zero-order chi connectivity index (χ0) is 18.7. The lowest BCUT2D eigenvalue weighted by atomic mass is 10.1. The first-order valence-corrected chi connectivity index (χ1v) is 11.7. The molecule has 1 aliphatic heterocycles. The van der Waals surface area contributed by atoms with E-state index >= 15 is 0 Å². The van der Waals surface area contributed by atoms with Gasteiger partial charge in [-0.1, -0.05) is 29.8 Å². The number of sulfonamides is 1. The highest BCUT2D eigenvalue weighted by Crippen LogP contribution is 2.39. The Bertz CT molecular complexity index is 897. The van der Waals surface area contributed by atoms with E-state index in [-0.39, 0.29) is 15.0 Å². The van der Waals surface area contributed by atoms with Crippen molar-refractivity contribution >= 4 is 50.7 Å². The standard InChI is InChI=1S/C17H18ClNO4S3/c1-23-17(20)16-15(7-10-25-16)26(21,22)19-8-6-14(24-11-9-19)12-4-2-3-5-13(12)18/h2-5,7,10,14H,6,8-9,11H2,1H3. The van der Waals surface area contributed by atoms with E-state index in [1.54, 1.807) is 17.1 Å². The second kappa shape index (κ2) is 8.31. The summed E-state index contributed by atoms with van der Waals surface area (Å²) in [4.78, 5) is 12.0. The van der Waals surface area contributed by atoms with E-state index in [4.69, 9.17) is 16.3 Å². The molecule has 0 amide bonds. The Labute approximate surface area is 166 Å². The summed E-state index contributed by atoms with van der Waals surface area (Å²) in [5, 5.41) is 2.44. The molecule has 5 nitrogen and oxygen atoms in total. The zero-order valence-electron chi connectivity index (χ0n) is 14.1. The smallest absolute Gasteiger partial charge is 0.349 e. The summed E-state index contributed by atoms with van der Waals surface area (Å²) in [7, 11) is -2.50. The van der Waals surface area contributed by atoms with E-state index in [1.807, 2.05) is 24.3 Å². The number of ether oxygens (including phenoxy) is 1. The Morgan fingerprint density at radius 2 is 2.04 bits per heavy atom. The van der Waals surface area contributed by atoms with E-state index in [9.17, 15) is 13.2 Å². The fraction of sp³-hybridized carbons (Fsp3) is 0.353. The number of thiophene rings is 1. The first-order valence-electron chi connectivity index (χ1n) is 7.97. The number of carbonyl (C=O) groups is 1. The quantitative estimate of drug-likeness (QED) is 0.683. The van der Waals surface area contributed by atoms with Crippen molar-refractivity contribution in [3.63, 3.8) is 0 Å². The summed E-state index contributed by atoms with van der Waals surface area (Å²) in [6, 6.07) is 9.13. The number of thioether (sulfide) groups is 1. The number of hydrogen-bond donors (Lipinski definition) is 0. The second-order valence-electron chi connectivity index (χ2n) is 5.68. The maximum Gasteiger partial charge on any atom is 0.349 e. The number of benzene rings is 1. The average molecular weight is 432 g/mol. The molecule has 1 aromatic carbocycles. The molecule has 0 saturated carbocycles. The van der Waals surface area contributed by atoms with Crippen molar-refractivity contribution in [3.05, 3.63) is 51.2 Å². The Kier molecular flexibility index (Phi) is 6.29. The number of hydrogen-bond acceptors (Lipinski definition) is 6. The number of esters is 1. The molecule has 0 aliphatic carbocycles. The number of methoxy groups -OCH3 is 1. The summed E-state index contributed by atoms with van der Waals surface area (Å²) < 4.78 is 32.2. The van der Waals surface area contributed by atoms with Crippen LogP contribution in [-0.2, 0) is 14.8 Å². The van der Waals surface area contributed by atoms with Crippen molar-refractivity contribution in [2.45, 2.75) is 16.6 Å². The third kappa shape index (κ3) is 3.94. The van der Waals surface area contributed by atoms with Gasteiger partial charge in [-0.2, -0.15) is 16.1 Å². The largest absolute Gasteiger partial charge is 0.465 e. The van der Waals surface area contributed by atoms with Crippen molar-refractivity contribution in [2.75, 3.05) is 26.0 Å². The molecule has 1 saturated heterocycles. The minimum atomic E-state index is -3.75. The highest BCUT2D eigenvalue weighted by Gasteiger charge is 2.32. The van der Waals surface area contributed by atoms with E-state index in [2.05, 4.69) is 0 Å². The molecule has 0 spiro atoms. The van der Waals surface area contributed by atoms with Crippen molar-refractivity contribution in [1.29, 1.82) is 0 Å². The van der Waals surface area contributed by atoms with Crippen LogP contribution < -0.4 is 0 Å². The molecule has 1 fully saturated rings. The van der Waals surface area contributed by atoms with Gasteiger partial charge in [0.25, 0.3) is 0 Å². The van der Waals surface area contributed by atoms with Crippen LogP contribution in [0.3, 0.4) is 0 Å². The van der Waals surface area contributed by atoms with E-state index < -0.39 is 16.0 Å². The van der Waals surface area contributed by atoms with Gasteiger partial charge in [0, 0.05) is 29.1 Å². The van der Waals surface area contributed by atoms with Gasteiger partial charge in [-0.3, -0.25) is 0 Å². The van der Waals surface area contributed by atoms with Crippen LogP contribution in [0.15, 0.2) is 40.6 Å². The van der Waals surface area contributed by atoms with E-state index in [1.165, 1.54) is 17.5 Å². The third-order valence-corrected chi connectivity index (χ3v) is 8.79. The molecule has 3 rings (SSSR count). The van der Waals surface area contributed by atoms with Crippen LogP contribution in [0.1, 0.15) is 26.9 Å². The van der Waals surface area contributed by atoms with E-state index in [0.29, 0.717) is 30.3 Å². The normalized spacial score (nSPS) is 19.1. The van der Waals surface area contributed by atoms with Gasteiger partial charge < -0.3 is 4.74 Å². The molecule has 0 radical (unpaired) electrons. The van der Waals surface area contributed by atoms with E-state index in [0.717, 1.165) is 16.9 Å².